The van der Waals surface area contributed by atoms with Crippen LogP contribution < -0.4 is 16.4 Å². The van der Waals surface area contributed by atoms with Crippen LogP contribution in [-0.2, 0) is 61.8 Å². The summed E-state index contributed by atoms with van der Waals surface area (Å²) in [6, 6.07) is 21.1. The molecule has 6 heteroatoms. The summed E-state index contributed by atoms with van der Waals surface area (Å²) in [5.74, 6) is -3.80. The number of carboxylic acids is 2. The normalized spacial score (nSPS) is 11.1. The molecular weight excluding hydrogens is 801 g/mol. The van der Waals surface area contributed by atoms with Crippen molar-refractivity contribution in [3.05, 3.63) is 72.8 Å². The van der Waals surface area contributed by atoms with E-state index < -0.39 is 24.3 Å². The van der Waals surface area contributed by atoms with E-state index in [2.05, 4.69) is 67.6 Å². The molecule has 0 heterocycles. The molecule has 0 saturated heterocycles. The van der Waals surface area contributed by atoms with Crippen LogP contribution in [0.1, 0.15) is 71.1 Å². The molecule has 34 heavy (non-hydrogen) atoms. The molecule has 2 aromatic rings. The fraction of sp³-hybridized carbons (Fsp3) is 0.429. The quantitative estimate of drug-likeness (QED) is 0.177. The monoisotopic (exact) mass is 840 g/mol. The van der Waals surface area contributed by atoms with Gasteiger partial charge in [-0.25, -0.2) is 0 Å². The molecule has 4 nitrogen and oxygen atoms in total. The molecule has 0 amide bonds. The number of benzene rings is 2. The second-order valence-corrected chi connectivity index (χ2v) is 14.5. The Hall–Kier alpha value is -1.01. The molecule has 2 aromatic carbocycles. The Bertz CT molecular complexity index is 742. The second kappa shape index (κ2) is 23.7. The van der Waals surface area contributed by atoms with E-state index >= 15 is 0 Å². The van der Waals surface area contributed by atoms with E-state index in [1.807, 2.05) is 0 Å². The van der Waals surface area contributed by atoms with Gasteiger partial charge in [0.25, 0.3) is 0 Å². The molecule has 0 N–H and O–H groups in total. The summed E-state index contributed by atoms with van der Waals surface area (Å²) in [7, 11) is 0. The first kappa shape index (κ1) is 33.0. The molecular formula is C28H36Hg2O4. The molecule has 1 atom stereocenters. The molecule has 0 saturated carbocycles. The van der Waals surface area contributed by atoms with Crippen LogP contribution in [0, 0.1) is 5.92 Å². The zero-order valence-corrected chi connectivity index (χ0v) is 31.6. The molecule has 2 rings (SSSR count). The summed E-state index contributed by atoms with van der Waals surface area (Å²) in [4.78, 5) is 21.0. The van der Waals surface area contributed by atoms with Gasteiger partial charge in [0.15, 0.2) is 0 Å². The Kier molecular flexibility index (Phi) is 23.0. The number of hydrogen-bond donors (Lipinski definition) is 0. The maximum absolute atomic E-state index is 10.7. The molecule has 0 aliphatic carbocycles. The standard InChI is InChI=1S/C16H28O4.2C6H5.2Hg/c1-2-3-4-5-6-7-8-9-10-11-12-14(16(19)20)13-15(17)18;2*1-2-4-6-5-3-1;;/h11-12,14H,2-10,13H2,1H3,(H,17,18)(H,19,20);2*1-5H;;/q;;;2*+1/p-2. The first-order valence-corrected chi connectivity index (χ1v) is 17.7. The van der Waals surface area contributed by atoms with Crippen molar-refractivity contribution >= 4 is 18.1 Å². The van der Waals surface area contributed by atoms with Crippen molar-refractivity contribution in [2.24, 2.45) is 5.92 Å². The van der Waals surface area contributed by atoms with Crippen LogP contribution in [-0.4, -0.2) is 11.9 Å². The summed E-state index contributed by atoms with van der Waals surface area (Å²) >= 11 is 1.62. The minimum absolute atomic E-state index is 0.518. The third-order valence-electron chi connectivity index (χ3n) is 4.97. The Morgan fingerprint density at radius 1 is 0.765 bits per heavy atom. The van der Waals surface area contributed by atoms with Crippen LogP contribution in [0.2, 0.25) is 0 Å². The van der Waals surface area contributed by atoms with Crippen LogP contribution in [0.3, 0.4) is 0 Å². The van der Waals surface area contributed by atoms with Crippen molar-refractivity contribution < 1.29 is 72.0 Å². The molecule has 0 aliphatic rings. The van der Waals surface area contributed by atoms with Gasteiger partial charge in [-0.15, -0.1) is 0 Å². The Morgan fingerprint density at radius 3 is 1.56 bits per heavy atom. The molecule has 176 valence electrons. The predicted octanol–water partition coefficient (Wildman–Crippen LogP) is 3.30. The van der Waals surface area contributed by atoms with Crippen LogP contribution in [0.5, 0.6) is 0 Å². The maximum atomic E-state index is 10.7. The van der Waals surface area contributed by atoms with Gasteiger partial charge < -0.3 is 19.8 Å². The first-order chi connectivity index (χ1) is 16.4. The van der Waals surface area contributed by atoms with E-state index in [-0.39, 0.29) is 0 Å². The number of aliphatic carboxylic acids is 2. The van der Waals surface area contributed by atoms with Crippen molar-refractivity contribution in [2.75, 3.05) is 0 Å². The minimum atomic E-state index is -1.36. The van der Waals surface area contributed by atoms with Crippen LogP contribution in [0.25, 0.3) is 0 Å². The molecule has 0 aromatic heterocycles. The predicted molar refractivity (Wildman–Crippen MR) is 127 cm³/mol. The van der Waals surface area contributed by atoms with E-state index in [0.29, 0.717) is 0 Å². The number of allylic oxidation sites excluding steroid dienone is 1. The zero-order chi connectivity index (χ0) is 25.4. The van der Waals surface area contributed by atoms with Gasteiger partial charge in [0.05, 0.1) is 0 Å². The fourth-order valence-electron chi connectivity index (χ4n) is 3.02. The summed E-state index contributed by atoms with van der Waals surface area (Å²) in [6.07, 6.45) is 13.2. The van der Waals surface area contributed by atoms with Gasteiger partial charge in [-0.2, -0.15) is 0 Å². The van der Waals surface area contributed by atoms with Gasteiger partial charge in [0.1, 0.15) is 0 Å². The van der Waals surface area contributed by atoms with E-state index in [1.54, 1.807) is 6.08 Å². The number of carbonyl (C=O) groups excluding carboxylic acids is 2. The van der Waals surface area contributed by atoms with E-state index in [9.17, 15) is 19.8 Å². The number of rotatable bonds is 13. The number of carboxylic acid groups (broad SMARTS) is 2. The van der Waals surface area contributed by atoms with Crippen LogP contribution in [0.4, 0.5) is 0 Å². The molecule has 0 radical (unpaired) electrons. The van der Waals surface area contributed by atoms with Crippen LogP contribution in [0.15, 0.2) is 72.8 Å². The van der Waals surface area contributed by atoms with Gasteiger partial charge >= 0.3 is 119 Å². The molecule has 0 spiro atoms. The number of hydrogen-bond acceptors (Lipinski definition) is 4. The van der Waals surface area contributed by atoms with Gasteiger partial charge in [-0.1, -0.05) is 64.0 Å². The number of unbranched alkanes of at least 4 members (excludes halogenated alkanes) is 8. The van der Waals surface area contributed by atoms with Crippen LogP contribution >= 0.6 is 0 Å². The van der Waals surface area contributed by atoms with E-state index in [4.69, 9.17) is 0 Å². The van der Waals surface area contributed by atoms with Gasteiger partial charge in [-0.3, -0.25) is 0 Å². The van der Waals surface area contributed by atoms with Crippen molar-refractivity contribution in [1.82, 2.24) is 0 Å². The zero-order valence-electron chi connectivity index (χ0n) is 20.6. The van der Waals surface area contributed by atoms with Gasteiger partial charge in [-0.05, 0) is 19.3 Å². The number of carbonyl (C=O) groups is 2. The summed E-state index contributed by atoms with van der Waals surface area (Å²) in [6.45, 7) is 2.20. The van der Waals surface area contributed by atoms with Crippen molar-refractivity contribution in [1.29, 1.82) is 0 Å². The third kappa shape index (κ3) is 22.8. The van der Waals surface area contributed by atoms with Crippen molar-refractivity contribution in [3.63, 3.8) is 0 Å². The van der Waals surface area contributed by atoms with E-state index in [1.165, 1.54) is 50.7 Å². The Labute approximate surface area is 238 Å². The van der Waals surface area contributed by atoms with Crippen molar-refractivity contribution in [2.45, 2.75) is 71.1 Å². The summed E-state index contributed by atoms with van der Waals surface area (Å²) in [5.41, 5.74) is 0. The second-order valence-electron chi connectivity index (χ2n) is 8.16. The third-order valence-corrected chi connectivity index (χ3v) is 8.63. The molecule has 0 fully saturated rings. The average molecular weight is 838 g/mol. The Morgan fingerprint density at radius 2 is 1.21 bits per heavy atom. The fourth-order valence-corrected chi connectivity index (χ4v) is 5.14. The summed E-state index contributed by atoms with van der Waals surface area (Å²) in [5, 5.41) is 21.0. The van der Waals surface area contributed by atoms with E-state index in [0.717, 1.165) is 71.5 Å². The average Bonchev–Trinajstić information content (AvgIpc) is 2.81. The van der Waals surface area contributed by atoms with Gasteiger partial charge in [0, 0.05) is 17.9 Å². The molecule has 1 unspecified atom stereocenters. The topological polar surface area (TPSA) is 80.3 Å². The van der Waals surface area contributed by atoms with Crippen molar-refractivity contribution in [3.8, 4) is 0 Å². The Balaban J connectivity index is 0.000000619. The van der Waals surface area contributed by atoms with Gasteiger partial charge in [0.2, 0.25) is 0 Å². The first-order valence-electron chi connectivity index (χ1n) is 12.2. The summed E-state index contributed by atoms with van der Waals surface area (Å²) < 4.78 is 3.03. The molecule has 0 aliphatic heterocycles. The molecule has 0 bridgehead atoms. The SMILES string of the molecule is CCCCCCCCCCC=CC(CC(=O)[O-])C(=O)[O-].[Hg+][c]1ccccc1.[Hg+][c]1ccccc1.